The van der Waals surface area contributed by atoms with Crippen LogP contribution in [0, 0.1) is 0 Å². The number of hydrogen-bond acceptors (Lipinski definition) is 30. The highest BCUT2D eigenvalue weighted by molar-refractivity contribution is 7.47. The van der Waals surface area contributed by atoms with Crippen LogP contribution in [0.2, 0.25) is 0 Å². The minimum atomic E-state index is -4.80. The number of aliphatic hydroxyl groups is 8. The summed E-state index contributed by atoms with van der Waals surface area (Å²) in [5.74, 6) is 3.83. The van der Waals surface area contributed by atoms with Gasteiger partial charge >= 0.3 is 59.7 Å². The van der Waals surface area contributed by atoms with Crippen molar-refractivity contribution < 1.29 is 154 Å². The Morgan fingerprint density at radius 3 is 1.39 bits per heavy atom. The number of aliphatic hydroxyl groups excluding tert-OH is 8. The Hall–Kier alpha value is -5.50. The highest BCUT2D eigenvalue weighted by Crippen LogP contribution is 2.41. The zero-order valence-corrected chi connectivity index (χ0v) is 49.0. The van der Waals surface area contributed by atoms with Gasteiger partial charge in [0, 0.05) is 18.8 Å². The Kier molecular flexibility index (Phi) is 24.5. The molecule has 0 spiro atoms. The Morgan fingerprint density at radius 1 is 0.551 bits per heavy atom. The van der Waals surface area contributed by atoms with Gasteiger partial charge in [-0.1, -0.05) is 0 Å². The Bertz CT molecular complexity index is 3610. The first-order valence-electron chi connectivity index (χ1n) is 24.5. The molecule has 2 amide bonds. The maximum Gasteiger partial charge on any atom is 0.469 e. The number of nitrogens with two attached hydrogens (primary N) is 2. The lowest BCUT2D eigenvalue weighted by atomic mass is 9.97. The van der Waals surface area contributed by atoms with Gasteiger partial charge in [0.05, 0.1) is 46.1 Å². The minimum Gasteiger partial charge on any atom is -0.387 e. The van der Waals surface area contributed by atoms with Crippen molar-refractivity contribution in [1.29, 1.82) is 0 Å². The zero-order chi connectivity index (χ0) is 67.5. The summed E-state index contributed by atoms with van der Waals surface area (Å²) in [7, 11) is -15.4. The second-order valence-corrected chi connectivity index (χ2v) is 24.2. The molecule has 8 heterocycles. The smallest absolute Gasteiger partial charge is 0.387 e. The molecular weight excluding hydrogens is 1310 g/mol. The quantitative estimate of drug-likeness (QED) is 0.0274. The molecular formula is C38H61N11O36P4+2. The van der Waals surface area contributed by atoms with Crippen molar-refractivity contribution in [2.24, 2.45) is 26.9 Å². The first-order valence-corrected chi connectivity index (χ1v) is 30.6. The fraction of sp³-hybridized carbons (Fsp3) is 0.632. The summed E-state index contributed by atoms with van der Waals surface area (Å²) in [5, 5.41) is 80.9. The van der Waals surface area contributed by atoms with Crippen LogP contribution in [0.5, 0.6) is 0 Å². The van der Waals surface area contributed by atoms with E-state index in [-0.39, 0.29) is 11.1 Å². The van der Waals surface area contributed by atoms with Crippen LogP contribution < -0.4 is 60.0 Å². The average Bonchev–Trinajstić information content (AvgIpc) is 1.91. The molecule has 4 saturated heterocycles. The van der Waals surface area contributed by atoms with Gasteiger partial charge in [0.25, 0.3) is 11.5 Å². The summed E-state index contributed by atoms with van der Waals surface area (Å²) in [6.45, 7) is -2.78. The topological polar surface area (TPSA) is 725 Å². The molecule has 51 heteroatoms. The number of phosphoric acid groups is 4. The van der Waals surface area contributed by atoms with Crippen LogP contribution in [0.3, 0.4) is 0 Å². The molecule has 8 rings (SSSR count). The van der Waals surface area contributed by atoms with Gasteiger partial charge in [-0.25, -0.2) is 47.2 Å². The molecule has 4 fully saturated rings. The lowest BCUT2D eigenvalue weighted by molar-refractivity contribution is -0.784. The normalized spacial score (nSPS) is 30.6. The lowest BCUT2D eigenvalue weighted by Gasteiger charge is -2.23. The number of ether oxygens (including phenoxy) is 4. The maximum atomic E-state index is 12.0. The first kappa shape index (κ1) is 74.2. The Morgan fingerprint density at radius 2 is 0.944 bits per heavy atom. The summed E-state index contributed by atoms with van der Waals surface area (Å²) in [6.07, 6.45) is -18.8. The number of carbonyl (C=O) groups is 2. The van der Waals surface area contributed by atoms with E-state index in [4.69, 9.17) is 69.7 Å². The number of aryl methyl sites for hydroxylation is 1. The highest BCUT2D eigenvalue weighted by Gasteiger charge is 2.51. The number of carbonyl (C=O) groups excluding carboxylic acids is 2. The van der Waals surface area contributed by atoms with Crippen molar-refractivity contribution in [3.63, 3.8) is 0 Å². The predicted molar refractivity (Wildman–Crippen MR) is 274 cm³/mol. The second-order valence-electron chi connectivity index (χ2n) is 19.2. The fourth-order valence-electron chi connectivity index (χ4n) is 8.34. The lowest BCUT2D eigenvalue weighted by Crippen LogP contribution is -2.65. The first-order chi connectivity index (χ1) is 40.8. The number of amides is 2. The number of aromatic amines is 2. The predicted octanol–water partition coefficient (Wildman–Crippen LogP) is -14.8. The molecule has 0 bridgehead atoms. The van der Waals surface area contributed by atoms with E-state index in [1.165, 1.54) is 14.1 Å². The van der Waals surface area contributed by atoms with Gasteiger partial charge in [0.2, 0.25) is 24.7 Å². The molecule has 89 heavy (non-hydrogen) atoms. The molecule has 5 aliphatic rings. The van der Waals surface area contributed by atoms with Crippen molar-refractivity contribution >= 4 is 43.1 Å². The van der Waals surface area contributed by atoms with Crippen molar-refractivity contribution in [1.82, 2.24) is 33.7 Å². The molecule has 0 aromatic carbocycles. The van der Waals surface area contributed by atoms with Gasteiger partial charge in [-0.05, 0) is 6.08 Å². The molecule has 5 aliphatic heterocycles. The summed E-state index contributed by atoms with van der Waals surface area (Å²) in [4.78, 5) is 166. The summed E-state index contributed by atoms with van der Waals surface area (Å²) in [5.41, 5.74) is 0.559. The molecule has 0 aliphatic carbocycles. The van der Waals surface area contributed by atoms with E-state index in [0.29, 0.717) is 9.24 Å². The van der Waals surface area contributed by atoms with Crippen LogP contribution in [0.15, 0.2) is 59.3 Å². The van der Waals surface area contributed by atoms with Gasteiger partial charge in [0.15, 0.2) is 6.33 Å². The maximum absolute atomic E-state index is 12.0. The van der Waals surface area contributed by atoms with E-state index in [0.717, 1.165) is 50.2 Å². The monoisotopic (exact) mass is 1370 g/mol. The van der Waals surface area contributed by atoms with Gasteiger partial charge in [-0.15, -0.1) is 4.68 Å². The molecule has 502 valence electrons. The number of nitrogens with one attached hydrogen (secondary N) is 3. The summed E-state index contributed by atoms with van der Waals surface area (Å²) in [6, 6.07) is -1.12. The number of imide groups is 1. The van der Waals surface area contributed by atoms with Crippen molar-refractivity contribution in [2.45, 2.75) is 104 Å². The average molecular weight is 1370 g/mol. The second kappa shape index (κ2) is 29.4. The number of hydrogen-bond donors (Lipinski definition) is 21. The number of rotatable bonds is 16. The van der Waals surface area contributed by atoms with E-state index in [2.05, 4.69) is 23.1 Å². The van der Waals surface area contributed by atoms with E-state index >= 15 is 0 Å². The van der Waals surface area contributed by atoms with Gasteiger partial charge in [0.1, 0.15) is 91.5 Å². The van der Waals surface area contributed by atoms with Crippen molar-refractivity contribution in [3.8, 4) is 0 Å². The van der Waals surface area contributed by atoms with Gasteiger partial charge in [-0.2, -0.15) is 18.3 Å². The number of aromatic nitrogens is 8. The van der Waals surface area contributed by atoms with E-state index in [1.807, 2.05) is 10.3 Å². The molecule has 3 aromatic heterocycles. The van der Waals surface area contributed by atoms with Crippen molar-refractivity contribution in [3.05, 3.63) is 98.8 Å². The molecule has 1 unspecified atom stereocenters. The third-order valence-corrected chi connectivity index (χ3v) is 14.8. The third-order valence-electron chi connectivity index (χ3n) is 12.9. The van der Waals surface area contributed by atoms with E-state index in [9.17, 15) is 97.5 Å². The highest BCUT2D eigenvalue weighted by atomic mass is 31.2. The van der Waals surface area contributed by atoms with E-state index in [1.54, 1.807) is 0 Å². The molecule has 0 radical (unpaired) electrons. The third kappa shape index (κ3) is 19.1. The fourth-order valence-corrected chi connectivity index (χ4v) is 9.70. The van der Waals surface area contributed by atoms with Crippen molar-refractivity contribution in [2.75, 3.05) is 32.3 Å². The van der Waals surface area contributed by atoms with Gasteiger partial charge < -0.3 is 109 Å². The standard InChI is InChI=1S/2C10H15N2O9P.C9H15N4O9P.C9H14N3O9P/c1-12-2-4(9(15)11-10(12)16)8-7(14)6(13)5(21-8)3-20-22(17,18)19;11-4-1-3(9(15)12-10(4)16)8-7(14)6(13)5(21-8)2-20-22(17,18)19;1-11-8(16)12(3-13(10)9(11)17)7-6(15)5(14)4(22-7)2-21-23(18,19)20;1-11-8(15)10-3-12(9(11)16)7-6(14)5(13)4(21-7)2-20-22(17,18)19/h2,5-8,13-14H,3H2,1H3,(H,11,15,16)(H2,17,18,19);1,4-8,13-14H,2,11H2,(H,12,15,16)(H2,17,18,19);3-7,14-15H,2,10H2,1H3,(H-,18,19,20);3-7,13-14H,2H2,1H3,(H2,17,18,19)/p+2/t5-,6-,7-,8+;4?,5-,6-,7-,8+;2*4-,5-,6-,7-/m1111/s1. The largest absolute Gasteiger partial charge is 0.469 e. The van der Waals surface area contributed by atoms with Gasteiger partial charge in [-0.3, -0.25) is 48.6 Å². The number of phosphoric ester groups is 4. The molecule has 47 nitrogen and oxygen atoms in total. The summed E-state index contributed by atoms with van der Waals surface area (Å²) < 4.78 is 84.9. The zero-order valence-electron chi connectivity index (χ0n) is 45.4. The summed E-state index contributed by atoms with van der Waals surface area (Å²) >= 11 is 0. The Balaban J connectivity index is 0.000000216. The SMILES string of the molecule is Cn1c(=O)[nH]c[n+]([C@@H]2O[C@H](COP(=O)(O)O)[C@@H](O)[C@H]2O)c1=O.Cn1c(=O)n(N)c[n+]([C@@H]2O[C@H](COP(=O)(O)O)[C@@H](O)[C@H]2O)c1=O.Cn1cc([C@@H]2O[C@H](COP(=O)(O)O)[C@@H](O)[C@H]2O)c(=O)[nH]c1=O.NC1C=C([C@@H]2O[C@H](COP(=O)(O)O)[C@@H](O)[C@H]2O)C(=O)NC1=O. The van der Waals surface area contributed by atoms with Crippen LogP contribution in [-0.2, 0) is 86.0 Å². The minimum absolute atomic E-state index is 0.104. The number of nitrogen functional groups attached to an aromatic ring is 1. The molecule has 17 atom stereocenters. The molecule has 3 aromatic rings. The van der Waals surface area contributed by atoms with E-state index < -0.39 is 207 Å². The van der Waals surface area contributed by atoms with Crippen LogP contribution in [-0.4, -0.2) is 232 Å². The van der Waals surface area contributed by atoms with Crippen LogP contribution in [0.4, 0.5) is 0 Å². The number of nitrogens with zero attached hydrogens (tertiary/aromatic N) is 6. The van der Waals surface area contributed by atoms with Crippen LogP contribution >= 0.6 is 31.3 Å². The van der Waals surface area contributed by atoms with Crippen LogP contribution in [0.25, 0.3) is 0 Å². The molecule has 23 N–H and O–H groups in total. The number of H-pyrrole nitrogens is 2. The Labute approximate surface area is 491 Å². The van der Waals surface area contributed by atoms with Crippen LogP contribution in [0.1, 0.15) is 24.1 Å². The molecule has 0 saturated carbocycles.